The van der Waals surface area contributed by atoms with Crippen molar-refractivity contribution in [1.29, 1.82) is 0 Å². The number of hydrogen-bond acceptors (Lipinski definition) is 3. The fourth-order valence-electron chi connectivity index (χ4n) is 1.60. The fraction of sp³-hybridized carbons (Fsp3) is 0.308. The van der Waals surface area contributed by atoms with E-state index >= 15 is 0 Å². The maximum absolute atomic E-state index is 11.8. The Hall–Kier alpha value is -2.01. The van der Waals surface area contributed by atoms with Crippen LogP contribution < -0.4 is 10.9 Å². The lowest BCUT2D eigenvalue weighted by molar-refractivity contribution is 0.0580. The van der Waals surface area contributed by atoms with Gasteiger partial charge in [-0.3, -0.25) is 0 Å². The van der Waals surface area contributed by atoms with Crippen LogP contribution in [-0.4, -0.2) is 16.7 Å². The number of aromatic amines is 1. The summed E-state index contributed by atoms with van der Waals surface area (Å²) in [6.45, 7) is 5.40. The van der Waals surface area contributed by atoms with Crippen LogP contribution in [0.15, 0.2) is 30.5 Å². The van der Waals surface area contributed by atoms with Crippen LogP contribution in [0.1, 0.15) is 20.8 Å². The molecule has 18 heavy (non-hydrogen) atoms. The molecule has 0 spiro atoms. The molecular weight excluding hydrogens is 230 g/mol. The molecule has 5 heteroatoms. The van der Waals surface area contributed by atoms with Crippen molar-refractivity contribution in [2.75, 3.05) is 5.01 Å². The number of carbonyl (C=O) groups is 1. The molecule has 2 rings (SSSR count). The van der Waals surface area contributed by atoms with Crippen LogP contribution >= 0.6 is 0 Å². The van der Waals surface area contributed by atoms with Crippen molar-refractivity contribution in [3.05, 3.63) is 30.5 Å². The topological polar surface area (TPSA) is 71.3 Å². The van der Waals surface area contributed by atoms with Crippen molar-refractivity contribution in [3.63, 3.8) is 0 Å². The maximum atomic E-state index is 11.8. The first-order valence-corrected chi connectivity index (χ1v) is 5.72. The number of anilines is 1. The van der Waals surface area contributed by atoms with E-state index in [0.29, 0.717) is 5.69 Å². The average Bonchev–Trinajstić information content (AvgIpc) is 2.72. The molecule has 0 aliphatic heterocycles. The summed E-state index contributed by atoms with van der Waals surface area (Å²) in [5, 5.41) is 2.07. The van der Waals surface area contributed by atoms with Gasteiger partial charge < -0.3 is 9.72 Å². The van der Waals surface area contributed by atoms with E-state index in [1.165, 1.54) is 0 Å². The van der Waals surface area contributed by atoms with Crippen LogP contribution in [0.25, 0.3) is 10.9 Å². The zero-order chi connectivity index (χ0) is 13.3. The Balaban J connectivity index is 2.22. The Kier molecular flexibility index (Phi) is 3.00. The van der Waals surface area contributed by atoms with Gasteiger partial charge in [0.25, 0.3) is 0 Å². The number of amides is 1. The van der Waals surface area contributed by atoms with Gasteiger partial charge >= 0.3 is 6.09 Å². The molecule has 0 fully saturated rings. The number of nitrogens with two attached hydrogens (primary N) is 1. The van der Waals surface area contributed by atoms with Gasteiger partial charge in [-0.2, -0.15) is 0 Å². The number of hydrogen-bond donors (Lipinski definition) is 2. The van der Waals surface area contributed by atoms with E-state index in [1.54, 1.807) is 32.9 Å². The van der Waals surface area contributed by atoms with Crippen LogP contribution in [0, 0.1) is 0 Å². The number of hydrazine groups is 1. The van der Waals surface area contributed by atoms with Gasteiger partial charge in [0.05, 0.1) is 5.69 Å². The molecule has 0 aliphatic carbocycles. The largest absolute Gasteiger partial charge is 0.442 e. The first kappa shape index (κ1) is 12.4. The first-order valence-electron chi connectivity index (χ1n) is 5.72. The third-order valence-electron chi connectivity index (χ3n) is 2.41. The molecule has 0 bridgehead atoms. The normalized spacial score (nSPS) is 11.6. The van der Waals surface area contributed by atoms with Crippen LogP contribution in [0.5, 0.6) is 0 Å². The molecule has 0 radical (unpaired) electrons. The lowest BCUT2D eigenvalue weighted by atomic mass is 10.2. The molecular formula is C13H17N3O2. The molecule has 0 unspecified atom stereocenters. The molecule has 1 amide bonds. The number of ether oxygens (including phenoxy) is 1. The highest BCUT2D eigenvalue weighted by atomic mass is 16.6. The van der Waals surface area contributed by atoms with Crippen molar-refractivity contribution >= 4 is 22.7 Å². The number of nitrogens with zero attached hydrogens (tertiary/aromatic N) is 1. The minimum Gasteiger partial charge on any atom is -0.442 e. The van der Waals surface area contributed by atoms with Crippen molar-refractivity contribution in [2.45, 2.75) is 26.4 Å². The minimum atomic E-state index is -0.576. The van der Waals surface area contributed by atoms with Gasteiger partial charge in [-0.15, -0.1) is 0 Å². The fourth-order valence-corrected chi connectivity index (χ4v) is 1.60. The third-order valence-corrected chi connectivity index (χ3v) is 2.41. The molecule has 0 saturated carbocycles. The molecule has 0 aliphatic rings. The molecule has 96 valence electrons. The Bertz CT molecular complexity index is 569. The number of rotatable bonds is 1. The van der Waals surface area contributed by atoms with Crippen molar-refractivity contribution in [3.8, 4) is 0 Å². The number of benzene rings is 1. The molecule has 1 aromatic carbocycles. The molecule has 3 N–H and O–H groups in total. The molecule has 2 aromatic rings. The Morgan fingerprint density at radius 2 is 2.06 bits per heavy atom. The van der Waals surface area contributed by atoms with E-state index in [9.17, 15) is 4.79 Å². The summed E-state index contributed by atoms with van der Waals surface area (Å²) in [5.41, 5.74) is 0.941. The van der Waals surface area contributed by atoms with E-state index in [-0.39, 0.29) is 0 Å². The molecule has 1 heterocycles. The average molecular weight is 247 g/mol. The molecule has 0 saturated heterocycles. The van der Waals surface area contributed by atoms with E-state index < -0.39 is 11.7 Å². The smallest absolute Gasteiger partial charge is 0.429 e. The Morgan fingerprint density at radius 3 is 2.72 bits per heavy atom. The standard InChI is InChI=1S/C13H17N3O2/c1-13(2,3)18-12(17)16(14)10-5-4-9-6-7-15-11(9)8-10/h4-8,15H,14H2,1-3H3. The van der Waals surface area contributed by atoms with E-state index in [0.717, 1.165) is 15.9 Å². The number of nitrogens with one attached hydrogen (secondary N) is 1. The number of fused-ring (bicyclic) bond motifs is 1. The predicted molar refractivity (Wildman–Crippen MR) is 71.2 cm³/mol. The summed E-state index contributed by atoms with van der Waals surface area (Å²) in [7, 11) is 0. The van der Waals surface area contributed by atoms with Crippen molar-refractivity contribution in [2.24, 2.45) is 5.84 Å². The second kappa shape index (κ2) is 4.34. The number of H-pyrrole nitrogens is 1. The van der Waals surface area contributed by atoms with E-state index in [4.69, 9.17) is 10.6 Å². The zero-order valence-corrected chi connectivity index (χ0v) is 10.7. The third kappa shape index (κ3) is 2.62. The second-order valence-corrected chi connectivity index (χ2v) is 5.10. The molecule has 0 atom stereocenters. The van der Waals surface area contributed by atoms with Gasteiger partial charge in [-0.1, -0.05) is 6.07 Å². The Morgan fingerprint density at radius 1 is 1.33 bits per heavy atom. The van der Waals surface area contributed by atoms with Gasteiger partial charge in [0.2, 0.25) is 0 Å². The highest BCUT2D eigenvalue weighted by molar-refractivity contribution is 5.91. The summed E-state index contributed by atoms with van der Waals surface area (Å²) in [6.07, 6.45) is 1.26. The van der Waals surface area contributed by atoms with Crippen molar-refractivity contribution in [1.82, 2.24) is 4.98 Å². The Labute approximate surface area is 105 Å². The lowest BCUT2D eigenvalue weighted by Gasteiger charge is -2.24. The van der Waals surface area contributed by atoms with Gasteiger partial charge in [0, 0.05) is 11.7 Å². The van der Waals surface area contributed by atoms with E-state index in [2.05, 4.69) is 4.98 Å². The van der Waals surface area contributed by atoms with Crippen LogP contribution in [0.4, 0.5) is 10.5 Å². The number of aromatic nitrogens is 1. The summed E-state index contributed by atoms with van der Waals surface area (Å²) in [6, 6.07) is 7.43. The second-order valence-electron chi connectivity index (χ2n) is 5.10. The zero-order valence-electron chi connectivity index (χ0n) is 10.7. The molecule has 1 aromatic heterocycles. The van der Waals surface area contributed by atoms with E-state index in [1.807, 2.05) is 18.3 Å². The van der Waals surface area contributed by atoms with Crippen molar-refractivity contribution < 1.29 is 9.53 Å². The van der Waals surface area contributed by atoms with Gasteiger partial charge in [0.15, 0.2) is 0 Å². The van der Waals surface area contributed by atoms with Gasteiger partial charge in [-0.25, -0.2) is 15.6 Å². The van der Waals surface area contributed by atoms with Crippen LogP contribution in [0.2, 0.25) is 0 Å². The first-order chi connectivity index (χ1) is 8.37. The summed E-state index contributed by atoms with van der Waals surface area (Å²) < 4.78 is 5.20. The quantitative estimate of drug-likeness (QED) is 0.462. The van der Waals surface area contributed by atoms with Crippen LogP contribution in [0.3, 0.4) is 0 Å². The highest BCUT2D eigenvalue weighted by Crippen LogP contribution is 2.21. The minimum absolute atomic E-state index is 0.564. The monoisotopic (exact) mass is 247 g/mol. The lowest BCUT2D eigenvalue weighted by Crippen LogP contribution is -2.41. The van der Waals surface area contributed by atoms with Crippen LogP contribution in [-0.2, 0) is 4.74 Å². The predicted octanol–water partition coefficient (Wildman–Crippen LogP) is 2.78. The maximum Gasteiger partial charge on any atom is 0.429 e. The highest BCUT2D eigenvalue weighted by Gasteiger charge is 2.21. The van der Waals surface area contributed by atoms with Gasteiger partial charge in [0.1, 0.15) is 5.60 Å². The molecule has 5 nitrogen and oxygen atoms in total. The summed E-state index contributed by atoms with van der Waals surface area (Å²) >= 11 is 0. The summed E-state index contributed by atoms with van der Waals surface area (Å²) in [5.74, 6) is 5.75. The van der Waals surface area contributed by atoms with Gasteiger partial charge in [-0.05, 0) is 44.4 Å². The summed E-state index contributed by atoms with van der Waals surface area (Å²) in [4.78, 5) is 14.9. The SMILES string of the molecule is CC(C)(C)OC(=O)N(N)c1ccc2cc[nH]c2c1. The number of carbonyl (C=O) groups excluding carboxylic acids is 1.